The summed E-state index contributed by atoms with van der Waals surface area (Å²) in [5.41, 5.74) is 0.511. The number of hydrogen-bond donors (Lipinski definition) is 0. The van der Waals surface area contributed by atoms with E-state index in [1.165, 1.54) is 27.4 Å². The minimum Gasteiger partial charge on any atom is -0.247 e. The highest BCUT2D eigenvalue weighted by molar-refractivity contribution is 7.86. The second kappa shape index (κ2) is 6.74. The molecule has 0 spiro atoms. The Morgan fingerprint density at radius 2 is 1.88 bits per heavy atom. The molecule has 0 bridgehead atoms. The summed E-state index contributed by atoms with van der Waals surface area (Å²) >= 11 is 0. The van der Waals surface area contributed by atoms with Crippen LogP contribution in [-0.2, 0) is 17.3 Å². The van der Waals surface area contributed by atoms with Crippen LogP contribution in [-0.4, -0.2) is 58.6 Å². The second-order valence-corrected chi connectivity index (χ2v) is 8.57. The Morgan fingerprint density at radius 3 is 2.52 bits per heavy atom. The highest BCUT2D eigenvalue weighted by Gasteiger charge is 2.34. The molecule has 136 valence electrons. The molecule has 2 aromatic rings. The van der Waals surface area contributed by atoms with Crippen LogP contribution in [0, 0.1) is 0 Å². The third-order valence-corrected chi connectivity index (χ3v) is 6.41. The van der Waals surface area contributed by atoms with Gasteiger partial charge in [-0.15, -0.1) is 0 Å². The SMILES string of the molecule is CN(C)S(=O)(=O)N1CCCC(c2nn(C)c(=O)n2-c2ccccc2)C1. The predicted octanol–water partition coefficient (Wildman–Crippen LogP) is 0.557. The van der Waals surface area contributed by atoms with Gasteiger partial charge in [0.2, 0.25) is 0 Å². The molecule has 25 heavy (non-hydrogen) atoms. The third-order valence-electron chi connectivity index (χ3n) is 4.50. The molecule has 1 aromatic heterocycles. The molecule has 0 N–H and O–H groups in total. The Kier molecular flexibility index (Phi) is 4.81. The molecule has 1 aliphatic heterocycles. The maximum Gasteiger partial charge on any atom is 0.350 e. The zero-order valence-electron chi connectivity index (χ0n) is 14.7. The molecular weight excluding hydrogens is 342 g/mol. The minimum atomic E-state index is -3.48. The van der Waals surface area contributed by atoms with Crippen molar-refractivity contribution in [3.63, 3.8) is 0 Å². The Hall–Kier alpha value is -1.97. The standard InChI is InChI=1S/C16H23N5O3S/c1-18(2)25(23,24)20-11-7-8-13(12-20)15-17-19(3)16(22)21(15)14-9-5-4-6-10-14/h4-6,9-10,13H,7-8,11-12H2,1-3H3. The zero-order chi connectivity index (χ0) is 18.2. The van der Waals surface area contributed by atoms with Crippen molar-refractivity contribution in [3.05, 3.63) is 46.6 Å². The molecule has 0 radical (unpaired) electrons. The Balaban J connectivity index is 2.00. The van der Waals surface area contributed by atoms with Gasteiger partial charge in [0.05, 0.1) is 5.69 Å². The van der Waals surface area contributed by atoms with Gasteiger partial charge in [0.15, 0.2) is 0 Å². The van der Waals surface area contributed by atoms with Crippen molar-refractivity contribution in [3.8, 4) is 5.69 Å². The van der Waals surface area contributed by atoms with E-state index < -0.39 is 10.2 Å². The molecule has 1 unspecified atom stereocenters. The van der Waals surface area contributed by atoms with Crippen LogP contribution >= 0.6 is 0 Å². The average Bonchev–Trinajstić information content (AvgIpc) is 2.91. The summed E-state index contributed by atoms with van der Waals surface area (Å²) in [4.78, 5) is 12.5. The van der Waals surface area contributed by atoms with Crippen molar-refractivity contribution < 1.29 is 8.42 Å². The average molecular weight is 365 g/mol. The van der Waals surface area contributed by atoms with Gasteiger partial charge < -0.3 is 0 Å². The monoisotopic (exact) mass is 365 g/mol. The molecule has 1 atom stereocenters. The Bertz CT molecular complexity index is 902. The van der Waals surface area contributed by atoms with Crippen LogP contribution in [0.5, 0.6) is 0 Å². The highest BCUT2D eigenvalue weighted by Crippen LogP contribution is 2.28. The molecule has 1 saturated heterocycles. The Morgan fingerprint density at radius 1 is 1.20 bits per heavy atom. The van der Waals surface area contributed by atoms with Gasteiger partial charge in [-0.1, -0.05) is 18.2 Å². The Labute approximate surface area is 147 Å². The van der Waals surface area contributed by atoms with E-state index in [4.69, 9.17) is 0 Å². The van der Waals surface area contributed by atoms with Crippen molar-refractivity contribution in [2.75, 3.05) is 27.2 Å². The van der Waals surface area contributed by atoms with Gasteiger partial charge in [-0.3, -0.25) is 0 Å². The number of benzene rings is 1. The van der Waals surface area contributed by atoms with Crippen LogP contribution in [0.4, 0.5) is 0 Å². The molecule has 8 nitrogen and oxygen atoms in total. The molecule has 1 aromatic carbocycles. The van der Waals surface area contributed by atoms with Crippen molar-refractivity contribution in [1.29, 1.82) is 0 Å². The van der Waals surface area contributed by atoms with Crippen molar-refractivity contribution in [1.82, 2.24) is 23.0 Å². The summed E-state index contributed by atoms with van der Waals surface area (Å²) in [6.07, 6.45) is 1.53. The summed E-state index contributed by atoms with van der Waals surface area (Å²) < 4.78 is 30.5. The number of piperidine rings is 1. The first-order chi connectivity index (χ1) is 11.8. The fraction of sp³-hybridized carbons (Fsp3) is 0.500. The first kappa shape index (κ1) is 17.8. The van der Waals surface area contributed by atoms with Crippen LogP contribution in [0.3, 0.4) is 0 Å². The van der Waals surface area contributed by atoms with E-state index in [1.54, 1.807) is 11.6 Å². The zero-order valence-corrected chi connectivity index (χ0v) is 15.5. The molecule has 0 saturated carbocycles. The van der Waals surface area contributed by atoms with Crippen molar-refractivity contribution >= 4 is 10.2 Å². The van der Waals surface area contributed by atoms with E-state index >= 15 is 0 Å². The van der Waals surface area contributed by atoms with Crippen LogP contribution in [0.1, 0.15) is 24.6 Å². The predicted molar refractivity (Wildman–Crippen MR) is 95.0 cm³/mol. The van der Waals surface area contributed by atoms with Crippen LogP contribution in [0.25, 0.3) is 5.69 Å². The quantitative estimate of drug-likeness (QED) is 0.793. The number of hydrogen-bond acceptors (Lipinski definition) is 4. The molecule has 0 aliphatic carbocycles. The van der Waals surface area contributed by atoms with Crippen molar-refractivity contribution in [2.24, 2.45) is 7.05 Å². The first-order valence-electron chi connectivity index (χ1n) is 8.21. The van der Waals surface area contributed by atoms with Gasteiger partial charge in [0, 0.05) is 40.2 Å². The second-order valence-electron chi connectivity index (χ2n) is 6.42. The van der Waals surface area contributed by atoms with E-state index in [1.807, 2.05) is 30.3 Å². The topological polar surface area (TPSA) is 80.4 Å². The maximum atomic E-state index is 12.5. The summed E-state index contributed by atoms with van der Waals surface area (Å²) in [6, 6.07) is 9.31. The molecule has 9 heteroatoms. The van der Waals surface area contributed by atoms with Crippen LogP contribution < -0.4 is 5.69 Å². The maximum absolute atomic E-state index is 12.5. The fourth-order valence-corrected chi connectivity index (χ4v) is 4.35. The summed E-state index contributed by atoms with van der Waals surface area (Å²) in [5, 5.41) is 4.40. The van der Waals surface area contributed by atoms with Gasteiger partial charge in [-0.25, -0.2) is 14.0 Å². The third kappa shape index (κ3) is 3.26. The summed E-state index contributed by atoms with van der Waals surface area (Å²) in [6.45, 7) is 0.809. The van der Waals surface area contributed by atoms with Gasteiger partial charge in [0.25, 0.3) is 10.2 Å². The van der Waals surface area contributed by atoms with E-state index in [-0.39, 0.29) is 11.6 Å². The molecular formula is C16H23N5O3S. The van der Waals surface area contributed by atoms with E-state index in [9.17, 15) is 13.2 Å². The number of nitrogens with zero attached hydrogens (tertiary/aromatic N) is 5. The lowest BCUT2D eigenvalue weighted by molar-refractivity contribution is 0.291. The van der Waals surface area contributed by atoms with Gasteiger partial charge in [0.1, 0.15) is 5.82 Å². The van der Waals surface area contributed by atoms with E-state index in [0.29, 0.717) is 18.9 Å². The highest BCUT2D eigenvalue weighted by atomic mass is 32.2. The number of aryl methyl sites for hydroxylation is 1. The lowest BCUT2D eigenvalue weighted by Gasteiger charge is -2.33. The lowest BCUT2D eigenvalue weighted by atomic mass is 9.98. The summed E-state index contributed by atoms with van der Waals surface area (Å²) in [7, 11) is 1.19. The molecule has 0 amide bonds. The number of aromatic nitrogens is 3. The number of rotatable bonds is 4. The van der Waals surface area contributed by atoms with E-state index in [2.05, 4.69) is 5.10 Å². The minimum absolute atomic E-state index is 0.127. The molecule has 1 fully saturated rings. The first-order valence-corrected chi connectivity index (χ1v) is 9.61. The van der Waals surface area contributed by atoms with Gasteiger partial charge in [-0.2, -0.15) is 22.1 Å². The molecule has 1 aliphatic rings. The van der Waals surface area contributed by atoms with Gasteiger partial charge in [-0.05, 0) is 25.0 Å². The normalized spacial score (nSPS) is 19.4. The molecule has 3 rings (SSSR count). The van der Waals surface area contributed by atoms with Gasteiger partial charge >= 0.3 is 5.69 Å². The molecule has 2 heterocycles. The van der Waals surface area contributed by atoms with E-state index in [0.717, 1.165) is 18.5 Å². The van der Waals surface area contributed by atoms with Crippen molar-refractivity contribution in [2.45, 2.75) is 18.8 Å². The lowest BCUT2D eigenvalue weighted by Crippen LogP contribution is -2.45. The number of para-hydroxylation sites is 1. The van der Waals surface area contributed by atoms with Crippen LogP contribution in [0.2, 0.25) is 0 Å². The largest absolute Gasteiger partial charge is 0.350 e. The smallest absolute Gasteiger partial charge is 0.247 e. The van der Waals surface area contributed by atoms with Crippen LogP contribution in [0.15, 0.2) is 35.1 Å². The summed E-state index contributed by atoms with van der Waals surface area (Å²) in [5.74, 6) is 0.481. The fourth-order valence-electron chi connectivity index (χ4n) is 3.16.